The zero-order chi connectivity index (χ0) is 21.8. The van der Waals surface area contributed by atoms with Crippen LogP contribution in [0.5, 0.6) is 0 Å². The number of nitro benzene ring substituents is 1. The van der Waals surface area contributed by atoms with E-state index >= 15 is 0 Å². The Balaban J connectivity index is 1.40. The normalized spacial score (nSPS) is 12.3. The lowest BCUT2D eigenvalue weighted by Gasteiger charge is -2.02. The van der Waals surface area contributed by atoms with Gasteiger partial charge >= 0.3 is 0 Å². The SMILES string of the molecule is CC(Sc1n[nH]c(/C=C/c2ccc(F)cc2)n1)c1nnc(-c2ccc([N+](=O)[O-])cc2)o1. The fourth-order valence-corrected chi connectivity index (χ4v) is 3.35. The highest BCUT2D eigenvalue weighted by Gasteiger charge is 2.18. The molecule has 0 amide bonds. The predicted octanol–water partition coefficient (Wildman–Crippen LogP) is 4.93. The second kappa shape index (κ2) is 8.88. The van der Waals surface area contributed by atoms with Gasteiger partial charge in [0.2, 0.25) is 16.9 Å². The molecule has 0 aliphatic heterocycles. The highest BCUT2D eigenvalue weighted by Crippen LogP contribution is 2.33. The Morgan fingerprint density at radius 2 is 1.87 bits per heavy atom. The van der Waals surface area contributed by atoms with Crippen LogP contribution in [0, 0.1) is 15.9 Å². The van der Waals surface area contributed by atoms with Crippen LogP contribution in [0.4, 0.5) is 10.1 Å². The highest BCUT2D eigenvalue weighted by atomic mass is 32.2. The number of benzene rings is 2. The molecule has 0 saturated heterocycles. The zero-order valence-electron chi connectivity index (χ0n) is 16.1. The van der Waals surface area contributed by atoms with Crippen molar-refractivity contribution in [3.63, 3.8) is 0 Å². The van der Waals surface area contributed by atoms with Gasteiger partial charge in [0.05, 0.1) is 10.2 Å². The molecular weight excluding hydrogens is 423 g/mol. The van der Waals surface area contributed by atoms with Crippen molar-refractivity contribution >= 4 is 29.6 Å². The molecule has 31 heavy (non-hydrogen) atoms. The van der Waals surface area contributed by atoms with Gasteiger partial charge in [0.1, 0.15) is 11.6 Å². The van der Waals surface area contributed by atoms with Gasteiger partial charge in [-0.15, -0.1) is 15.3 Å². The van der Waals surface area contributed by atoms with E-state index in [9.17, 15) is 14.5 Å². The molecule has 1 N–H and O–H groups in total. The standard InChI is InChI=1S/C20H15FN6O3S/c1-12(18-24-25-19(30-18)14-5-9-16(10-6-14)27(28)29)31-20-22-17(23-26-20)11-4-13-2-7-15(21)8-3-13/h2-12H,1H3,(H,22,23,26)/b11-4+. The van der Waals surface area contributed by atoms with Crippen molar-refractivity contribution in [3.05, 3.63) is 81.7 Å². The molecule has 4 rings (SSSR count). The Morgan fingerprint density at radius 1 is 1.13 bits per heavy atom. The summed E-state index contributed by atoms with van der Waals surface area (Å²) < 4.78 is 18.7. The summed E-state index contributed by atoms with van der Waals surface area (Å²) in [6, 6.07) is 12.0. The minimum Gasteiger partial charge on any atom is -0.419 e. The van der Waals surface area contributed by atoms with E-state index in [0.717, 1.165) is 5.56 Å². The summed E-state index contributed by atoms with van der Waals surface area (Å²) in [5.41, 5.74) is 1.42. The number of thioether (sulfide) groups is 1. The number of H-pyrrole nitrogens is 1. The van der Waals surface area contributed by atoms with Crippen molar-refractivity contribution in [2.75, 3.05) is 0 Å². The molecule has 0 aliphatic rings. The van der Waals surface area contributed by atoms with Crippen LogP contribution in [-0.2, 0) is 0 Å². The molecule has 0 saturated carbocycles. The van der Waals surface area contributed by atoms with Crippen molar-refractivity contribution in [3.8, 4) is 11.5 Å². The smallest absolute Gasteiger partial charge is 0.269 e. The summed E-state index contributed by atoms with van der Waals surface area (Å²) in [6.07, 6.45) is 3.54. The fourth-order valence-electron chi connectivity index (χ4n) is 2.58. The van der Waals surface area contributed by atoms with E-state index in [4.69, 9.17) is 4.42 Å². The van der Waals surface area contributed by atoms with E-state index in [1.165, 1.54) is 36.0 Å². The van der Waals surface area contributed by atoms with Gasteiger partial charge in [-0.3, -0.25) is 15.2 Å². The van der Waals surface area contributed by atoms with Gasteiger partial charge in [-0.2, -0.15) is 0 Å². The minimum absolute atomic E-state index is 0.0127. The van der Waals surface area contributed by atoms with Crippen LogP contribution in [0.25, 0.3) is 23.6 Å². The van der Waals surface area contributed by atoms with E-state index in [2.05, 4.69) is 25.4 Å². The van der Waals surface area contributed by atoms with Gasteiger partial charge < -0.3 is 4.42 Å². The molecule has 2 aromatic carbocycles. The molecule has 4 aromatic rings. The molecule has 0 spiro atoms. The lowest BCUT2D eigenvalue weighted by atomic mass is 10.2. The first kappa shape index (κ1) is 20.4. The summed E-state index contributed by atoms with van der Waals surface area (Å²) in [5, 5.41) is 26.1. The number of hydrogen-bond acceptors (Lipinski definition) is 8. The molecule has 156 valence electrons. The van der Waals surface area contributed by atoms with Crippen LogP contribution < -0.4 is 0 Å². The maximum Gasteiger partial charge on any atom is 0.269 e. The molecule has 0 radical (unpaired) electrons. The Hall–Kier alpha value is -3.86. The Bertz CT molecular complexity index is 1220. The number of non-ortho nitro benzene ring substituents is 1. The number of nitrogens with one attached hydrogen (secondary N) is 1. The molecule has 0 aliphatic carbocycles. The summed E-state index contributed by atoms with van der Waals surface area (Å²) in [6.45, 7) is 1.88. The molecule has 1 atom stereocenters. The van der Waals surface area contributed by atoms with Gasteiger partial charge in [0.15, 0.2) is 0 Å². The molecule has 0 fully saturated rings. The third-order valence-electron chi connectivity index (χ3n) is 4.18. The lowest BCUT2D eigenvalue weighted by molar-refractivity contribution is -0.384. The first-order valence-electron chi connectivity index (χ1n) is 9.09. The molecule has 2 aromatic heterocycles. The average molecular weight is 438 g/mol. The second-order valence-electron chi connectivity index (χ2n) is 6.40. The number of nitrogens with zero attached hydrogens (tertiary/aromatic N) is 5. The zero-order valence-corrected chi connectivity index (χ0v) is 16.9. The average Bonchev–Trinajstić information content (AvgIpc) is 3.43. The van der Waals surface area contributed by atoms with Gasteiger partial charge in [-0.1, -0.05) is 30.0 Å². The molecule has 2 heterocycles. The molecule has 9 nitrogen and oxygen atoms in total. The lowest BCUT2D eigenvalue weighted by Crippen LogP contribution is -1.89. The van der Waals surface area contributed by atoms with Crippen LogP contribution in [0.1, 0.15) is 29.5 Å². The minimum atomic E-state index is -0.471. The van der Waals surface area contributed by atoms with Crippen LogP contribution in [0.2, 0.25) is 0 Å². The topological polar surface area (TPSA) is 124 Å². The largest absolute Gasteiger partial charge is 0.419 e. The second-order valence-corrected chi connectivity index (χ2v) is 7.71. The number of aromatic amines is 1. The number of halogens is 1. The van der Waals surface area contributed by atoms with E-state index in [1.54, 1.807) is 36.4 Å². The maximum atomic E-state index is 13.0. The molecule has 1 unspecified atom stereocenters. The fraction of sp³-hybridized carbons (Fsp3) is 0.100. The van der Waals surface area contributed by atoms with Gasteiger partial charge in [-0.25, -0.2) is 9.37 Å². The first-order valence-corrected chi connectivity index (χ1v) is 9.97. The van der Waals surface area contributed by atoms with E-state index in [1.807, 2.05) is 6.92 Å². The van der Waals surface area contributed by atoms with Crippen LogP contribution in [0.15, 0.2) is 58.1 Å². The van der Waals surface area contributed by atoms with E-state index in [0.29, 0.717) is 22.4 Å². The highest BCUT2D eigenvalue weighted by molar-refractivity contribution is 7.99. The van der Waals surface area contributed by atoms with Crippen LogP contribution in [-0.4, -0.2) is 30.3 Å². The van der Waals surface area contributed by atoms with Crippen LogP contribution in [0.3, 0.4) is 0 Å². The first-order chi connectivity index (χ1) is 15.0. The van der Waals surface area contributed by atoms with Crippen molar-refractivity contribution in [1.82, 2.24) is 25.4 Å². The third-order valence-corrected chi connectivity index (χ3v) is 5.13. The van der Waals surface area contributed by atoms with Crippen molar-refractivity contribution in [2.24, 2.45) is 0 Å². The monoisotopic (exact) mass is 438 g/mol. The summed E-state index contributed by atoms with van der Waals surface area (Å²) >= 11 is 1.33. The van der Waals surface area contributed by atoms with E-state index in [-0.39, 0.29) is 22.6 Å². The Labute approximate surface area is 179 Å². The van der Waals surface area contributed by atoms with Crippen molar-refractivity contribution in [2.45, 2.75) is 17.3 Å². The molecule has 0 bridgehead atoms. The third kappa shape index (κ3) is 5.01. The summed E-state index contributed by atoms with van der Waals surface area (Å²) in [4.78, 5) is 14.7. The Kier molecular flexibility index (Phi) is 5.85. The quantitative estimate of drug-likeness (QED) is 0.245. The van der Waals surface area contributed by atoms with Crippen molar-refractivity contribution in [1.29, 1.82) is 0 Å². The van der Waals surface area contributed by atoms with Gasteiger partial charge in [-0.05, 0) is 42.8 Å². The number of hydrogen-bond donors (Lipinski definition) is 1. The van der Waals surface area contributed by atoms with Gasteiger partial charge in [0, 0.05) is 17.7 Å². The van der Waals surface area contributed by atoms with Gasteiger partial charge in [0.25, 0.3) is 5.69 Å². The van der Waals surface area contributed by atoms with E-state index < -0.39 is 4.92 Å². The number of aromatic nitrogens is 5. The number of nitro groups is 1. The molecule has 11 heteroatoms. The number of rotatable bonds is 7. The predicted molar refractivity (Wildman–Crippen MR) is 112 cm³/mol. The molecular formula is C20H15FN6O3S. The summed E-state index contributed by atoms with van der Waals surface area (Å²) in [7, 11) is 0. The summed E-state index contributed by atoms with van der Waals surface area (Å²) in [5.74, 6) is 0.917. The maximum absolute atomic E-state index is 13.0. The van der Waals surface area contributed by atoms with Crippen molar-refractivity contribution < 1.29 is 13.7 Å². The van der Waals surface area contributed by atoms with Crippen LogP contribution >= 0.6 is 11.8 Å². The Morgan fingerprint density at radius 3 is 2.58 bits per heavy atom.